The summed E-state index contributed by atoms with van der Waals surface area (Å²) >= 11 is 0. The van der Waals surface area contributed by atoms with E-state index in [1.54, 1.807) is 18.2 Å². The molecule has 1 amide bonds. The predicted molar refractivity (Wildman–Crippen MR) is 94.7 cm³/mol. The number of carbonyl (C=O) groups excluding carboxylic acids is 1. The second-order valence-electron chi connectivity index (χ2n) is 6.46. The Morgan fingerprint density at radius 2 is 1.92 bits per heavy atom. The van der Waals surface area contributed by atoms with Gasteiger partial charge in [-0.25, -0.2) is 9.37 Å². The predicted octanol–water partition coefficient (Wildman–Crippen LogP) is 2.82. The molecule has 2 fully saturated rings. The van der Waals surface area contributed by atoms with Crippen LogP contribution in [0.25, 0.3) is 0 Å². The number of rotatable bonds is 3. The summed E-state index contributed by atoms with van der Waals surface area (Å²) in [6, 6.07) is 9.35. The molecule has 0 unspecified atom stereocenters. The Bertz CT molecular complexity index is 781. The number of anilines is 2. The third-order valence-electron chi connectivity index (χ3n) is 4.76. The van der Waals surface area contributed by atoms with E-state index in [0.717, 1.165) is 31.7 Å². The molecule has 1 spiro atoms. The summed E-state index contributed by atoms with van der Waals surface area (Å²) in [5.41, 5.74) is 0.839. The smallest absolute Gasteiger partial charge is 0.257 e. The molecule has 1 N–H and O–H groups in total. The molecule has 0 atom stereocenters. The summed E-state index contributed by atoms with van der Waals surface area (Å²) in [5, 5.41) is 2.67. The van der Waals surface area contributed by atoms with Gasteiger partial charge in [0, 0.05) is 37.8 Å². The third kappa shape index (κ3) is 3.54. The number of nitrogens with zero attached hydrogens (tertiary/aromatic N) is 2. The van der Waals surface area contributed by atoms with Crippen molar-refractivity contribution in [2.45, 2.75) is 18.6 Å². The van der Waals surface area contributed by atoms with Gasteiger partial charge < -0.3 is 19.7 Å². The summed E-state index contributed by atoms with van der Waals surface area (Å²) in [7, 11) is 0. The lowest BCUT2D eigenvalue weighted by Crippen LogP contribution is -2.45. The number of amides is 1. The van der Waals surface area contributed by atoms with Crippen LogP contribution in [-0.2, 0) is 9.47 Å². The standard InChI is InChI=1S/C19H20FN3O3/c20-15-2-1-3-16(12-15)22-18(24)14-4-5-17(21-13-14)23-8-6-19(7-9-23)25-10-11-26-19/h1-5,12-13H,6-11H2,(H,22,24). The first-order valence-corrected chi connectivity index (χ1v) is 8.69. The molecule has 0 bridgehead atoms. The molecule has 2 aliphatic rings. The number of pyridine rings is 1. The highest BCUT2D eigenvalue weighted by Crippen LogP contribution is 2.32. The van der Waals surface area contributed by atoms with Crippen LogP contribution < -0.4 is 10.2 Å². The molecular formula is C19H20FN3O3. The number of aromatic nitrogens is 1. The third-order valence-corrected chi connectivity index (χ3v) is 4.76. The lowest BCUT2D eigenvalue weighted by atomic mass is 10.0. The van der Waals surface area contributed by atoms with E-state index in [4.69, 9.17) is 9.47 Å². The quantitative estimate of drug-likeness (QED) is 0.915. The number of hydrogen-bond donors (Lipinski definition) is 1. The van der Waals surface area contributed by atoms with Crippen LogP contribution in [-0.4, -0.2) is 43.0 Å². The lowest BCUT2D eigenvalue weighted by Gasteiger charge is -2.38. The van der Waals surface area contributed by atoms with Gasteiger partial charge in [-0.3, -0.25) is 4.79 Å². The number of carbonyl (C=O) groups is 1. The van der Waals surface area contributed by atoms with Crippen molar-refractivity contribution in [1.82, 2.24) is 4.98 Å². The zero-order chi connectivity index (χ0) is 18.0. The van der Waals surface area contributed by atoms with Gasteiger partial charge in [0.25, 0.3) is 5.91 Å². The fraction of sp³-hybridized carbons (Fsp3) is 0.368. The molecule has 0 aliphatic carbocycles. The summed E-state index contributed by atoms with van der Waals surface area (Å²) in [4.78, 5) is 18.8. The molecule has 1 aromatic heterocycles. The van der Waals surface area contributed by atoms with Crippen LogP contribution in [0.5, 0.6) is 0 Å². The van der Waals surface area contributed by atoms with Crippen LogP contribution in [0, 0.1) is 5.82 Å². The molecule has 2 aliphatic heterocycles. The highest BCUT2D eigenvalue weighted by molar-refractivity contribution is 6.04. The molecule has 136 valence electrons. The maximum absolute atomic E-state index is 13.2. The number of nitrogens with one attached hydrogen (secondary N) is 1. The fourth-order valence-corrected chi connectivity index (χ4v) is 3.34. The molecule has 0 saturated carbocycles. The first kappa shape index (κ1) is 16.9. The van der Waals surface area contributed by atoms with Crippen LogP contribution in [0.2, 0.25) is 0 Å². The average Bonchev–Trinajstić information content (AvgIpc) is 3.11. The highest BCUT2D eigenvalue weighted by Gasteiger charge is 2.39. The van der Waals surface area contributed by atoms with Crippen LogP contribution in [0.3, 0.4) is 0 Å². The molecule has 0 radical (unpaired) electrons. The first-order chi connectivity index (χ1) is 12.6. The van der Waals surface area contributed by atoms with E-state index in [9.17, 15) is 9.18 Å². The van der Waals surface area contributed by atoms with Gasteiger partial charge in [-0.1, -0.05) is 6.07 Å². The Hall–Kier alpha value is -2.51. The Morgan fingerprint density at radius 1 is 1.15 bits per heavy atom. The van der Waals surface area contributed by atoms with Crippen LogP contribution >= 0.6 is 0 Å². The van der Waals surface area contributed by atoms with Crippen LogP contribution in [0.1, 0.15) is 23.2 Å². The van der Waals surface area contributed by atoms with Gasteiger partial charge in [-0.2, -0.15) is 0 Å². The van der Waals surface area contributed by atoms with Crippen molar-refractivity contribution in [3.63, 3.8) is 0 Å². The minimum absolute atomic E-state index is 0.319. The summed E-state index contributed by atoms with van der Waals surface area (Å²) in [5.74, 6) is -0.309. The van der Waals surface area contributed by atoms with Crippen LogP contribution in [0.15, 0.2) is 42.6 Å². The van der Waals surface area contributed by atoms with E-state index >= 15 is 0 Å². The molecule has 26 heavy (non-hydrogen) atoms. The molecule has 6 nitrogen and oxygen atoms in total. The van der Waals surface area contributed by atoms with E-state index in [2.05, 4.69) is 15.2 Å². The fourth-order valence-electron chi connectivity index (χ4n) is 3.34. The zero-order valence-electron chi connectivity index (χ0n) is 14.3. The minimum atomic E-state index is -0.415. The van der Waals surface area contributed by atoms with Gasteiger partial charge in [-0.05, 0) is 30.3 Å². The van der Waals surface area contributed by atoms with Crippen molar-refractivity contribution in [3.8, 4) is 0 Å². The largest absolute Gasteiger partial charge is 0.356 e. The Kier molecular flexibility index (Phi) is 4.57. The molecule has 1 aromatic carbocycles. The van der Waals surface area contributed by atoms with Gasteiger partial charge in [-0.15, -0.1) is 0 Å². The summed E-state index contributed by atoms with van der Waals surface area (Å²) in [6.45, 7) is 2.91. The van der Waals surface area contributed by atoms with E-state index in [0.29, 0.717) is 24.5 Å². The Morgan fingerprint density at radius 3 is 2.58 bits per heavy atom. The number of halogens is 1. The normalized spacial score (nSPS) is 18.9. The van der Waals surface area contributed by atoms with Gasteiger partial charge in [0.05, 0.1) is 18.8 Å². The Labute approximate surface area is 150 Å². The van der Waals surface area contributed by atoms with Crippen molar-refractivity contribution >= 4 is 17.4 Å². The summed E-state index contributed by atoms with van der Waals surface area (Å²) < 4.78 is 24.7. The van der Waals surface area contributed by atoms with Crippen molar-refractivity contribution in [3.05, 3.63) is 54.0 Å². The van der Waals surface area contributed by atoms with E-state index in [-0.39, 0.29) is 5.91 Å². The Balaban J connectivity index is 1.38. The molecule has 4 rings (SSSR count). The second-order valence-corrected chi connectivity index (χ2v) is 6.46. The maximum atomic E-state index is 13.2. The molecule has 7 heteroatoms. The SMILES string of the molecule is O=C(Nc1cccc(F)c1)c1ccc(N2CCC3(CC2)OCCO3)nc1. The number of ether oxygens (including phenoxy) is 2. The van der Waals surface area contributed by atoms with Gasteiger partial charge >= 0.3 is 0 Å². The van der Waals surface area contributed by atoms with Crippen molar-refractivity contribution in [2.24, 2.45) is 0 Å². The molecule has 2 aromatic rings. The monoisotopic (exact) mass is 357 g/mol. The minimum Gasteiger partial charge on any atom is -0.356 e. The number of hydrogen-bond acceptors (Lipinski definition) is 5. The van der Waals surface area contributed by atoms with E-state index in [1.807, 2.05) is 6.07 Å². The van der Waals surface area contributed by atoms with Gasteiger partial charge in [0.1, 0.15) is 11.6 Å². The van der Waals surface area contributed by atoms with Crippen molar-refractivity contribution in [1.29, 1.82) is 0 Å². The highest BCUT2D eigenvalue weighted by atomic mass is 19.1. The van der Waals surface area contributed by atoms with Gasteiger partial charge in [0.15, 0.2) is 5.79 Å². The van der Waals surface area contributed by atoms with E-state index < -0.39 is 11.6 Å². The topological polar surface area (TPSA) is 63.7 Å². The number of benzene rings is 1. The molecular weight excluding hydrogens is 337 g/mol. The van der Waals surface area contributed by atoms with Gasteiger partial charge in [0.2, 0.25) is 0 Å². The van der Waals surface area contributed by atoms with Crippen LogP contribution in [0.4, 0.5) is 15.9 Å². The second kappa shape index (κ2) is 7.01. The summed E-state index contributed by atoms with van der Waals surface area (Å²) in [6.07, 6.45) is 3.14. The zero-order valence-corrected chi connectivity index (χ0v) is 14.3. The average molecular weight is 357 g/mol. The van der Waals surface area contributed by atoms with E-state index in [1.165, 1.54) is 18.3 Å². The van der Waals surface area contributed by atoms with Crippen molar-refractivity contribution in [2.75, 3.05) is 36.5 Å². The maximum Gasteiger partial charge on any atom is 0.257 e. The molecule has 2 saturated heterocycles. The van der Waals surface area contributed by atoms with Crippen molar-refractivity contribution < 1.29 is 18.7 Å². The number of piperidine rings is 1. The lowest BCUT2D eigenvalue weighted by molar-refractivity contribution is -0.169. The first-order valence-electron chi connectivity index (χ1n) is 8.69. The molecule has 3 heterocycles.